The topological polar surface area (TPSA) is 52.0 Å². The van der Waals surface area contributed by atoms with Crippen LogP contribution >= 0.6 is 26.6 Å². The van der Waals surface area contributed by atoms with Crippen molar-refractivity contribution in [3.63, 3.8) is 0 Å². The van der Waals surface area contributed by atoms with Crippen LogP contribution in [0.5, 0.6) is 0 Å². The molecule has 0 aliphatic carbocycles. The summed E-state index contributed by atoms with van der Waals surface area (Å²) in [6.07, 6.45) is 2.12. The highest BCUT2D eigenvalue weighted by molar-refractivity contribution is 9.10. The minimum Gasteiger partial charge on any atom is -0.257 e. The van der Waals surface area contributed by atoms with Crippen molar-refractivity contribution in [3.05, 3.63) is 10.8 Å². The minimum absolute atomic E-state index is 0.0163. The Morgan fingerprint density at radius 3 is 2.69 bits per heavy atom. The van der Waals surface area contributed by atoms with E-state index in [9.17, 15) is 8.42 Å². The molecule has 0 amide bonds. The van der Waals surface area contributed by atoms with Crippen molar-refractivity contribution in [1.29, 1.82) is 0 Å². The van der Waals surface area contributed by atoms with Crippen LogP contribution in [0.3, 0.4) is 0 Å². The van der Waals surface area contributed by atoms with E-state index in [2.05, 4.69) is 21.0 Å². The van der Waals surface area contributed by atoms with Gasteiger partial charge in [0.15, 0.2) is 0 Å². The summed E-state index contributed by atoms with van der Waals surface area (Å²) < 4.78 is 23.9. The maximum absolute atomic E-state index is 11.0. The third kappa shape index (κ3) is 2.45. The first-order chi connectivity index (χ1) is 5.96. The Kier molecular flexibility index (Phi) is 3.37. The number of rotatable bonds is 3. The van der Waals surface area contributed by atoms with Crippen LogP contribution in [-0.4, -0.2) is 18.2 Å². The van der Waals surface area contributed by atoms with Crippen LogP contribution in [0.4, 0.5) is 0 Å². The van der Waals surface area contributed by atoms with E-state index in [1.165, 1.54) is 6.20 Å². The lowest BCUT2D eigenvalue weighted by molar-refractivity contribution is 0.586. The molecule has 0 aliphatic heterocycles. The van der Waals surface area contributed by atoms with E-state index in [0.29, 0.717) is 11.1 Å². The number of hydrogen-bond donors (Lipinski definition) is 0. The van der Waals surface area contributed by atoms with Gasteiger partial charge in [-0.25, -0.2) is 8.42 Å². The molecule has 0 N–H and O–H groups in total. The lowest BCUT2D eigenvalue weighted by Gasteiger charge is -1.99. The van der Waals surface area contributed by atoms with Crippen molar-refractivity contribution < 1.29 is 8.42 Å². The summed E-state index contributed by atoms with van der Waals surface area (Å²) in [5.41, 5.74) is 0. The van der Waals surface area contributed by atoms with E-state index < -0.39 is 9.05 Å². The first-order valence-electron chi connectivity index (χ1n) is 3.62. The smallest absolute Gasteiger partial charge is 0.257 e. The number of nitrogens with zero attached hydrogens (tertiary/aromatic N) is 2. The monoisotopic (exact) mass is 286 g/mol. The van der Waals surface area contributed by atoms with E-state index in [-0.39, 0.29) is 4.90 Å². The Morgan fingerprint density at radius 1 is 1.69 bits per heavy atom. The Balaban J connectivity index is 3.14. The van der Waals surface area contributed by atoms with Crippen LogP contribution < -0.4 is 0 Å². The summed E-state index contributed by atoms with van der Waals surface area (Å²) in [6.45, 7) is 2.63. The third-order valence-corrected chi connectivity index (χ3v) is 3.86. The molecule has 0 aromatic carbocycles. The van der Waals surface area contributed by atoms with Gasteiger partial charge in [-0.15, -0.1) is 0 Å². The van der Waals surface area contributed by atoms with Crippen molar-refractivity contribution in [2.75, 3.05) is 0 Å². The highest BCUT2D eigenvalue weighted by Gasteiger charge is 2.18. The average molecular weight is 288 g/mol. The van der Waals surface area contributed by atoms with E-state index >= 15 is 0 Å². The van der Waals surface area contributed by atoms with Gasteiger partial charge in [-0.3, -0.25) is 4.68 Å². The molecule has 1 rings (SSSR count). The molecule has 1 aromatic heterocycles. The van der Waals surface area contributed by atoms with Crippen LogP contribution in [0.25, 0.3) is 0 Å². The molecule has 1 heterocycles. The summed E-state index contributed by atoms with van der Waals surface area (Å²) in [6, 6.07) is 0. The van der Waals surface area contributed by atoms with Gasteiger partial charge in [-0.05, 0) is 22.4 Å². The second-order valence-corrected chi connectivity index (χ2v) is 5.75. The molecule has 13 heavy (non-hydrogen) atoms. The minimum atomic E-state index is -3.69. The fraction of sp³-hybridized carbons (Fsp3) is 0.500. The van der Waals surface area contributed by atoms with Crippen molar-refractivity contribution in [2.24, 2.45) is 0 Å². The molecule has 0 unspecified atom stereocenters. The molecule has 0 fully saturated rings. The molecule has 7 heteroatoms. The second-order valence-electron chi connectivity index (χ2n) is 2.46. The molecule has 0 atom stereocenters. The molecule has 0 saturated heterocycles. The van der Waals surface area contributed by atoms with Crippen LogP contribution in [-0.2, 0) is 15.6 Å². The van der Waals surface area contributed by atoms with Crippen LogP contribution in [0.2, 0.25) is 0 Å². The summed E-state index contributed by atoms with van der Waals surface area (Å²) in [4.78, 5) is 0.0163. The van der Waals surface area contributed by atoms with Gasteiger partial charge in [0, 0.05) is 17.2 Å². The predicted molar refractivity (Wildman–Crippen MR) is 53.3 cm³/mol. The molecular weight excluding hydrogens is 280 g/mol. The molecule has 0 aliphatic rings. The number of aromatic nitrogens is 2. The number of halogens is 2. The van der Waals surface area contributed by atoms with Crippen LogP contribution in [0, 0.1) is 0 Å². The first kappa shape index (κ1) is 11.0. The van der Waals surface area contributed by atoms with Gasteiger partial charge >= 0.3 is 0 Å². The molecule has 4 nitrogen and oxygen atoms in total. The fourth-order valence-corrected chi connectivity index (χ4v) is 2.99. The quantitative estimate of drug-likeness (QED) is 0.799. The zero-order valence-electron chi connectivity index (χ0n) is 6.87. The van der Waals surface area contributed by atoms with E-state index in [1.807, 2.05) is 6.92 Å². The van der Waals surface area contributed by atoms with Crippen molar-refractivity contribution in [1.82, 2.24) is 9.78 Å². The molecule has 0 radical (unpaired) electrons. The fourth-order valence-electron chi connectivity index (χ4n) is 0.885. The highest BCUT2D eigenvalue weighted by Crippen LogP contribution is 2.24. The van der Waals surface area contributed by atoms with E-state index in [1.54, 1.807) is 4.68 Å². The standard InChI is InChI=1S/C6H8BrClN2O2S/c1-2-3-10-6(7)5(4-9-10)13(8,11)12/h4H,2-3H2,1H3. The number of hydrogen-bond acceptors (Lipinski definition) is 3. The Labute approximate surface area is 89.4 Å². The molecule has 74 valence electrons. The molecular formula is C6H8BrClN2O2S. The largest absolute Gasteiger partial charge is 0.265 e. The van der Waals surface area contributed by atoms with Crippen molar-refractivity contribution >= 4 is 35.7 Å². The Morgan fingerprint density at radius 2 is 2.31 bits per heavy atom. The SMILES string of the molecule is CCCn1ncc(S(=O)(=O)Cl)c1Br. The number of aryl methyl sites for hydroxylation is 1. The van der Waals surface area contributed by atoms with Crippen molar-refractivity contribution in [3.8, 4) is 0 Å². The van der Waals surface area contributed by atoms with Crippen molar-refractivity contribution in [2.45, 2.75) is 24.8 Å². The summed E-state index contributed by atoms with van der Waals surface area (Å²) in [5.74, 6) is 0. The molecule has 1 aromatic rings. The zero-order valence-corrected chi connectivity index (χ0v) is 10.0. The average Bonchev–Trinajstić information content (AvgIpc) is 2.32. The molecule has 0 spiro atoms. The lowest BCUT2D eigenvalue weighted by atomic mass is 10.5. The Hall–Kier alpha value is -0.0700. The highest BCUT2D eigenvalue weighted by atomic mass is 79.9. The van der Waals surface area contributed by atoms with Crippen LogP contribution in [0.15, 0.2) is 15.7 Å². The maximum Gasteiger partial charge on any atom is 0.265 e. The van der Waals surface area contributed by atoms with Gasteiger partial charge in [0.2, 0.25) is 0 Å². The van der Waals surface area contributed by atoms with Gasteiger partial charge in [0.05, 0.1) is 6.20 Å². The van der Waals surface area contributed by atoms with E-state index in [4.69, 9.17) is 10.7 Å². The maximum atomic E-state index is 11.0. The normalized spacial score (nSPS) is 11.9. The molecule has 0 saturated carbocycles. The lowest BCUT2D eigenvalue weighted by Crippen LogP contribution is -1.99. The van der Waals surface area contributed by atoms with Gasteiger partial charge < -0.3 is 0 Å². The molecule has 0 bridgehead atoms. The summed E-state index contributed by atoms with van der Waals surface area (Å²) in [7, 11) is 1.48. The van der Waals surface area contributed by atoms with Gasteiger partial charge in [-0.1, -0.05) is 6.92 Å². The first-order valence-corrected chi connectivity index (χ1v) is 6.73. The predicted octanol–water partition coefficient (Wildman–Crippen LogP) is 1.98. The summed E-state index contributed by atoms with van der Waals surface area (Å²) >= 11 is 3.12. The van der Waals surface area contributed by atoms with Crippen LogP contribution in [0.1, 0.15) is 13.3 Å². The summed E-state index contributed by atoms with van der Waals surface area (Å²) in [5, 5.41) is 3.88. The second kappa shape index (κ2) is 3.98. The van der Waals surface area contributed by atoms with Gasteiger partial charge in [0.1, 0.15) is 9.50 Å². The Bertz CT molecular complexity index is 401. The van der Waals surface area contributed by atoms with Gasteiger partial charge in [-0.2, -0.15) is 5.10 Å². The third-order valence-electron chi connectivity index (χ3n) is 1.44. The van der Waals surface area contributed by atoms with E-state index in [0.717, 1.165) is 6.42 Å². The van der Waals surface area contributed by atoms with Gasteiger partial charge in [0.25, 0.3) is 9.05 Å². The zero-order chi connectivity index (χ0) is 10.1.